The number of hydrogen-bond acceptors (Lipinski definition) is 3. The monoisotopic (exact) mass is 576 g/mol. The third-order valence-electron chi connectivity index (χ3n) is 3.57. The second-order valence-electron chi connectivity index (χ2n) is 6.51. The van der Waals surface area contributed by atoms with E-state index >= 15 is 0 Å². The maximum absolute atomic E-state index is 10.2. The Balaban J connectivity index is -0.000000376. The predicted molar refractivity (Wildman–Crippen MR) is 132 cm³/mol. The van der Waals surface area contributed by atoms with Crippen LogP contribution in [-0.2, 0) is 40.8 Å². The van der Waals surface area contributed by atoms with Gasteiger partial charge >= 0.3 is 19.8 Å². The maximum Gasteiger partial charge on any atom is 0.348 e. The van der Waals surface area contributed by atoms with Gasteiger partial charge in [-0.1, -0.05) is 0 Å². The molecule has 3 aromatic rings. The molecule has 0 radical (unpaired) electrons. The van der Waals surface area contributed by atoms with Gasteiger partial charge in [0, 0.05) is 0 Å². The summed E-state index contributed by atoms with van der Waals surface area (Å²) >= 11 is 12.2. The van der Waals surface area contributed by atoms with Gasteiger partial charge in [0.1, 0.15) is 37.2 Å². The van der Waals surface area contributed by atoms with Gasteiger partial charge in [-0.2, -0.15) is 34.4 Å². The molecule has 0 saturated heterocycles. The van der Waals surface area contributed by atoms with E-state index in [0.29, 0.717) is 0 Å². The zero-order valence-corrected chi connectivity index (χ0v) is 23.5. The van der Waals surface area contributed by atoms with Crippen LogP contribution in [0.15, 0.2) is 56.2 Å². The highest BCUT2D eigenvalue weighted by Crippen LogP contribution is 1.80. The number of aromatic nitrogens is 6. The highest BCUT2D eigenvalue weighted by atomic mass is 35.5. The standard InChI is InChI=1S/3C6H11N2.3BClFO/c3*1-3-8-5-4-7(2)6-8;3*2-1(3)4/h3*4-6H,3H2,1-2H3;;;/q3*+1;3*-1. The summed E-state index contributed by atoms with van der Waals surface area (Å²) in [4.78, 5) is 0. The van der Waals surface area contributed by atoms with Crippen molar-refractivity contribution in [1.82, 2.24) is 13.7 Å². The molecule has 0 aliphatic heterocycles. The first-order chi connectivity index (χ1) is 16.7. The lowest BCUT2D eigenvalue weighted by atomic mass is 10.5. The van der Waals surface area contributed by atoms with Crippen molar-refractivity contribution in [2.75, 3.05) is 0 Å². The highest BCUT2D eigenvalue weighted by Gasteiger charge is 1.93. The molecule has 0 saturated carbocycles. The molecule has 0 amide bonds. The van der Waals surface area contributed by atoms with Crippen molar-refractivity contribution in [1.29, 1.82) is 0 Å². The van der Waals surface area contributed by atoms with Crippen LogP contribution in [0.1, 0.15) is 20.8 Å². The molecule has 18 heteroatoms. The molecular formula is C18H33B3Cl3F3N6O3. The van der Waals surface area contributed by atoms with Gasteiger partial charge in [-0.05, 0) is 20.8 Å². The Kier molecular flexibility index (Phi) is 27.0. The molecule has 9 nitrogen and oxygen atoms in total. The number of imidazole rings is 3. The summed E-state index contributed by atoms with van der Waals surface area (Å²) < 4.78 is 43.1. The zero-order chi connectivity index (χ0) is 28.7. The van der Waals surface area contributed by atoms with Gasteiger partial charge in [-0.25, -0.2) is 27.4 Å². The Labute approximate surface area is 227 Å². The van der Waals surface area contributed by atoms with Crippen LogP contribution in [0.3, 0.4) is 0 Å². The fraction of sp³-hybridized carbons (Fsp3) is 0.500. The normalized spacial score (nSPS) is 8.75. The summed E-state index contributed by atoms with van der Waals surface area (Å²) in [6, 6.07) is 0. The molecule has 204 valence electrons. The van der Waals surface area contributed by atoms with E-state index in [1.807, 2.05) is 53.4 Å². The van der Waals surface area contributed by atoms with Crippen molar-refractivity contribution in [3.63, 3.8) is 0 Å². The lowest BCUT2D eigenvalue weighted by molar-refractivity contribution is -0.671. The first-order valence-electron chi connectivity index (χ1n) is 10.5. The average molecular weight is 577 g/mol. The molecule has 3 heterocycles. The number of nitrogens with zero attached hydrogens (tertiary/aromatic N) is 6. The van der Waals surface area contributed by atoms with E-state index in [4.69, 9.17) is 15.1 Å². The Bertz CT molecular complexity index is 759. The van der Waals surface area contributed by atoms with E-state index in [1.165, 1.54) is 0 Å². The molecule has 36 heavy (non-hydrogen) atoms. The Morgan fingerprint density at radius 3 is 0.806 bits per heavy atom. The van der Waals surface area contributed by atoms with Gasteiger partial charge in [0.05, 0.1) is 40.8 Å². The molecule has 0 unspecified atom stereocenters. The third kappa shape index (κ3) is 32.4. The van der Waals surface area contributed by atoms with Crippen molar-refractivity contribution in [3.8, 4) is 0 Å². The molecule has 0 fully saturated rings. The largest absolute Gasteiger partial charge is 0.839 e. The number of halogens is 6. The van der Waals surface area contributed by atoms with Crippen LogP contribution >= 0.6 is 34.4 Å². The van der Waals surface area contributed by atoms with E-state index in [2.05, 4.69) is 106 Å². The van der Waals surface area contributed by atoms with Crippen LogP contribution in [-0.4, -0.2) is 33.5 Å². The zero-order valence-electron chi connectivity index (χ0n) is 21.2. The molecule has 0 N–H and O–H groups in total. The predicted octanol–water partition coefficient (Wildman–Crippen LogP) is -0.383. The minimum Gasteiger partial charge on any atom is -0.839 e. The van der Waals surface area contributed by atoms with E-state index < -0.39 is 19.8 Å². The lowest BCUT2D eigenvalue weighted by Gasteiger charge is -1.87. The molecule has 0 aromatic carbocycles. The van der Waals surface area contributed by atoms with Gasteiger partial charge in [0.25, 0.3) is 0 Å². The molecule has 0 atom stereocenters. The van der Waals surface area contributed by atoms with Gasteiger partial charge in [0.2, 0.25) is 19.0 Å². The van der Waals surface area contributed by atoms with Crippen LogP contribution in [0.2, 0.25) is 0 Å². The van der Waals surface area contributed by atoms with Gasteiger partial charge in [0.15, 0.2) is 0 Å². The third-order valence-corrected chi connectivity index (χ3v) is 3.57. The van der Waals surface area contributed by atoms with Crippen LogP contribution < -0.4 is 28.8 Å². The van der Waals surface area contributed by atoms with E-state index in [1.54, 1.807) is 0 Å². The van der Waals surface area contributed by atoms with Gasteiger partial charge in [-0.15, -0.1) is 0 Å². The first kappa shape index (κ1) is 38.9. The molecule has 3 aromatic heterocycles. The highest BCUT2D eigenvalue weighted by molar-refractivity contribution is 6.97. The molecule has 0 aliphatic carbocycles. The summed E-state index contributed by atoms with van der Waals surface area (Å²) in [5, 5.41) is 25.9. The molecule has 0 spiro atoms. The maximum atomic E-state index is 10.2. The minimum absolute atomic E-state index is 1.06. The summed E-state index contributed by atoms with van der Waals surface area (Å²) in [5.74, 6) is 0. The quantitative estimate of drug-likeness (QED) is 0.314. The van der Waals surface area contributed by atoms with Crippen LogP contribution in [0, 0.1) is 0 Å². The van der Waals surface area contributed by atoms with Crippen molar-refractivity contribution in [3.05, 3.63) is 56.2 Å². The van der Waals surface area contributed by atoms with Crippen LogP contribution in [0.25, 0.3) is 0 Å². The first-order valence-corrected chi connectivity index (χ1v) is 11.8. The molecular weight excluding hydrogens is 544 g/mol. The summed E-state index contributed by atoms with van der Waals surface area (Å²) in [7, 11) is 6.06. The number of rotatable bonds is 3. The van der Waals surface area contributed by atoms with E-state index in [0.717, 1.165) is 19.6 Å². The second kappa shape index (κ2) is 25.0. The second-order valence-corrected chi connectivity index (χ2v) is 7.54. The minimum atomic E-state index is -2.44. The SMILES string of the molecule is CCn1cc[n+](C)c1.CCn1cc[n+](C)c1.CCn1cc[n+](C)c1.[O-]B(F)Cl.[O-]B(F)Cl.[O-]B(F)Cl. The molecule has 0 bridgehead atoms. The Hall–Kier alpha value is -1.64. The molecule has 3 rings (SSSR count). The average Bonchev–Trinajstić information content (AvgIpc) is 3.48. The van der Waals surface area contributed by atoms with Crippen molar-refractivity contribution in [2.24, 2.45) is 21.1 Å². The Morgan fingerprint density at radius 1 is 0.583 bits per heavy atom. The van der Waals surface area contributed by atoms with Crippen molar-refractivity contribution >= 4 is 54.2 Å². The number of aryl methyl sites for hydroxylation is 6. The lowest BCUT2D eigenvalue weighted by Crippen LogP contribution is -2.23. The summed E-state index contributed by atoms with van der Waals surface area (Å²) in [5.41, 5.74) is 0. The molecule has 0 aliphatic rings. The fourth-order valence-corrected chi connectivity index (χ4v) is 2.07. The van der Waals surface area contributed by atoms with Crippen LogP contribution in [0.5, 0.6) is 0 Å². The van der Waals surface area contributed by atoms with Crippen molar-refractivity contribution in [2.45, 2.75) is 40.4 Å². The van der Waals surface area contributed by atoms with E-state index in [-0.39, 0.29) is 0 Å². The van der Waals surface area contributed by atoms with Crippen molar-refractivity contribution < 1.29 is 41.7 Å². The summed E-state index contributed by atoms with van der Waals surface area (Å²) in [6.07, 6.45) is 18.4. The fourth-order valence-electron chi connectivity index (χ4n) is 2.07. The topological polar surface area (TPSA) is 95.6 Å². The Morgan fingerprint density at radius 2 is 0.750 bits per heavy atom. The smallest absolute Gasteiger partial charge is 0.348 e. The van der Waals surface area contributed by atoms with Gasteiger partial charge in [-0.3, -0.25) is 0 Å². The van der Waals surface area contributed by atoms with E-state index in [9.17, 15) is 12.9 Å². The van der Waals surface area contributed by atoms with Gasteiger partial charge < -0.3 is 28.0 Å². The van der Waals surface area contributed by atoms with Crippen LogP contribution in [0.4, 0.5) is 12.9 Å². The number of hydrogen-bond donors (Lipinski definition) is 0. The summed E-state index contributed by atoms with van der Waals surface area (Å²) in [6.45, 7) is 2.21.